The van der Waals surface area contributed by atoms with Crippen LogP contribution in [0.5, 0.6) is 0 Å². The van der Waals surface area contributed by atoms with Crippen LogP contribution in [0, 0.1) is 3.57 Å². The SMILES string of the molecule is COC(=O)CCC(=O)N1C2=NC(C(=O)OC)=C(C(=O)OC)C3N(C)c4ccc(I)cc4[C@]23C[C@H]1C. The van der Waals surface area contributed by atoms with Gasteiger partial charge in [0.25, 0.3) is 0 Å². The first-order valence-corrected chi connectivity index (χ1v) is 12.1. The maximum Gasteiger partial charge on any atom is 0.357 e. The largest absolute Gasteiger partial charge is 0.469 e. The number of halogens is 1. The number of likely N-dealkylation sites (tertiary alicyclic amines) is 1. The highest BCUT2D eigenvalue weighted by Gasteiger charge is 2.65. The van der Waals surface area contributed by atoms with Crippen molar-refractivity contribution < 1.29 is 33.4 Å². The maximum atomic E-state index is 13.4. The Bertz CT molecular complexity index is 1190. The van der Waals surface area contributed by atoms with Crippen LogP contribution < -0.4 is 4.90 Å². The van der Waals surface area contributed by atoms with Crippen molar-refractivity contribution in [3.8, 4) is 0 Å². The number of methoxy groups -OCH3 is 3. The smallest absolute Gasteiger partial charge is 0.357 e. The number of likely N-dealkylation sites (N-methyl/N-ethyl adjacent to an activating group) is 1. The Kier molecular flexibility index (Phi) is 6.64. The quantitative estimate of drug-likeness (QED) is 0.288. The second-order valence-corrected chi connectivity index (χ2v) is 9.97. The summed E-state index contributed by atoms with van der Waals surface area (Å²) in [6, 6.07) is 4.98. The molecular weight excluding hydrogens is 569 g/mol. The standard InChI is InChI=1S/C24H26IN3O7/c1-12-11-24-14-10-13(25)6-7-15(14)27(2)20(24)18(21(31)34-4)19(22(32)35-5)26-23(24)28(12)16(29)8-9-17(30)33-3/h6-7,10,12,20H,8-9,11H2,1-5H3/t12-,20?,24+/m1/s1. The molecule has 1 saturated heterocycles. The van der Waals surface area contributed by atoms with Crippen LogP contribution in [-0.4, -0.2) is 75.0 Å². The fraction of sp³-hybridized carbons (Fsp3) is 0.458. The number of benzene rings is 1. The first-order chi connectivity index (χ1) is 16.6. The van der Waals surface area contributed by atoms with Gasteiger partial charge < -0.3 is 19.1 Å². The summed E-state index contributed by atoms with van der Waals surface area (Å²) in [6.45, 7) is 1.89. The third-order valence-electron chi connectivity index (χ3n) is 6.93. The highest BCUT2D eigenvalue weighted by atomic mass is 127. The van der Waals surface area contributed by atoms with E-state index in [-0.39, 0.29) is 36.1 Å². The molecule has 186 valence electrons. The van der Waals surface area contributed by atoms with Gasteiger partial charge in [0.2, 0.25) is 5.91 Å². The summed E-state index contributed by atoms with van der Waals surface area (Å²) in [5.74, 6) is -1.93. The number of esters is 3. The van der Waals surface area contributed by atoms with Gasteiger partial charge in [-0.25, -0.2) is 14.6 Å². The number of carbonyl (C=O) groups excluding carboxylic acids is 4. The van der Waals surface area contributed by atoms with E-state index in [4.69, 9.17) is 9.47 Å². The highest BCUT2D eigenvalue weighted by Crippen LogP contribution is 2.57. The van der Waals surface area contributed by atoms with E-state index in [1.165, 1.54) is 21.3 Å². The third-order valence-corrected chi connectivity index (χ3v) is 7.60. The molecule has 0 N–H and O–H groups in total. The van der Waals surface area contributed by atoms with Crippen molar-refractivity contribution in [3.63, 3.8) is 0 Å². The summed E-state index contributed by atoms with van der Waals surface area (Å²) in [7, 11) is 5.57. The van der Waals surface area contributed by atoms with E-state index in [0.29, 0.717) is 12.3 Å². The number of amides is 1. The number of carbonyl (C=O) groups is 4. The molecule has 0 aliphatic carbocycles. The summed E-state index contributed by atoms with van der Waals surface area (Å²) in [6.07, 6.45) is 0.309. The van der Waals surface area contributed by atoms with Gasteiger partial charge in [-0.3, -0.25) is 14.5 Å². The Hall–Kier alpha value is -2.96. The van der Waals surface area contributed by atoms with E-state index in [2.05, 4.69) is 32.3 Å². The van der Waals surface area contributed by atoms with Gasteiger partial charge in [-0.2, -0.15) is 0 Å². The predicted molar refractivity (Wildman–Crippen MR) is 134 cm³/mol. The van der Waals surface area contributed by atoms with E-state index in [0.717, 1.165) is 14.8 Å². The fourth-order valence-electron chi connectivity index (χ4n) is 5.58. The molecule has 10 nitrogen and oxygen atoms in total. The molecule has 3 heterocycles. The average Bonchev–Trinajstić information content (AvgIpc) is 3.28. The maximum absolute atomic E-state index is 13.4. The average molecular weight is 595 g/mol. The number of anilines is 1. The number of fused-ring (bicyclic) bond motifs is 1. The minimum Gasteiger partial charge on any atom is -0.469 e. The topological polar surface area (TPSA) is 115 Å². The first-order valence-electron chi connectivity index (χ1n) is 11.0. The van der Waals surface area contributed by atoms with Crippen molar-refractivity contribution in [3.05, 3.63) is 38.6 Å². The second kappa shape index (κ2) is 9.25. The molecule has 3 atom stereocenters. The lowest BCUT2D eigenvalue weighted by Gasteiger charge is -2.39. The fourth-order valence-corrected chi connectivity index (χ4v) is 6.07. The lowest BCUT2D eigenvalue weighted by molar-refractivity contribution is -0.143. The van der Waals surface area contributed by atoms with Gasteiger partial charge in [-0.15, -0.1) is 0 Å². The van der Waals surface area contributed by atoms with Crippen LogP contribution in [0.4, 0.5) is 5.69 Å². The molecule has 3 aliphatic rings. The molecule has 1 aromatic carbocycles. The number of aliphatic imine (C=N–C) groups is 1. The molecule has 3 aliphatic heterocycles. The molecular formula is C24H26IN3O7. The normalized spacial score (nSPS) is 24.3. The molecule has 35 heavy (non-hydrogen) atoms. The molecule has 0 bridgehead atoms. The zero-order chi connectivity index (χ0) is 25.7. The number of nitrogens with zero attached hydrogens (tertiary/aromatic N) is 3. The number of ether oxygens (including phenoxy) is 3. The zero-order valence-corrected chi connectivity index (χ0v) is 22.2. The van der Waals surface area contributed by atoms with Crippen LogP contribution >= 0.6 is 22.6 Å². The molecule has 1 amide bonds. The molecule has 0 aromatic heterocycles. The van der Waals surface area contributed by atoms with Gasteiger partial charge in [-0.05, 0) is 59.7 Å². The van der Waals surface area contributed by atoms with E-state index < -0.39 is 29.4 Å². The molecule has 1 spiro atoms. The predicted octanol–water partition coefficient (Wildman–Crippen LogP) is 1.93. The highest BCUT2D eigenvalue weighted by molar-refractivity contribution is 14.1. The summed E-state index contributed by atoms with van der Waals surface area (Å²) < 4.78 is 15.7. The van der Waals surface area contributed by atoms with Gasteiger partial charge in [0, 0.05) is 28.8 Å². The Morgan fingerprint density at radius 2 is 1.77 bits per heavy atom. The van der Waals surface area contributed by atoms with Gasteiger partial charge in [0.05, 0.1) is 44.8 Å². The molecule has 11 heteroatoms. The second-order valence-electron chi connectivity index (χ2n) is 8.72. The zero-order valence-electron chi connectivity index (χ0n) is 20.1. The summed E-state index contributed by atoms with van der Waals surface area (Å²) in [5.41, 5.74) is 0.798. The molecule has 0 radical (unpaired) electrons. The van der Waals surface area contributed by atoms with Crippen LogP contribution in [0.25, 0.3) is 0 Å². The summed E-state index contributed by atoms with van der Waals surface area (Å²) in [5, 5.41) is 0. The molecule has 4 rings (SSSR count). The number of rotatable bonds is 5. The van der Waals surface area contributed by atoms with Crippen molar-refractivity contribution in [1.29, 1.82) is 0 Å². The number of hydrogen-bond acceptors (Lipinski definition) is 9. The van der Waals surface area contributed by atoms with Crippen LogP contribution in [0.2, 0.25) is 0 Å². The third kappa shape index (κ3) is 3.71. The lowest BCUT2D eigenvalue weighted by atomic mass is 9.69. The van der Waals surface area contributed by atoms with Crippen LogP contribution in [0.3, 0.4) is 0 Å². The first kappa shape index (κ1) is 25.1. The van der Waals surface area contributed by atoms with Crippen LogP contribution in [0.1, 0.15) is 31.7 Å². The Balaban J connectivity index is 1.97. The minimum atomic E-state index is -0.882. The Morgan fingerprint density at radius 1 is 1.09 bits per heavy atom. The van der Waals surface area contributed by atoms with E-state index in [1.54, 1.807) is 4.90 Å². The number of hydrogen-bond donors (Lipinski definition) is 0. The monoisotopic (exact) mass is 595 g/mol. The Labute approximate surface area is 216 Å². The van der Waals surface area contributed by atoms with Gasteiger partial charge in [0.15, 0.2) is 5.70 Å². The molecule has 1 aromatic rings. The van der Waals surface area contributed by atoms with Crippen molar-refractivity contribution >= 4 is 57.9 Å². The lowest BCUT2D eigenvalue weighted by Crippen LogP contribution is -2.55. The van der Waals surface area contributed by atoms with Gasteiger partial charge >= 0.3 is 17.9 Å². The van der Waals surface area contributed by atoms with Crippen molar-refractivity contribution in [1.82, 2.24) is 4.90 Å². The van der Waals surface area contributed by atoms with Crippen LogP contribution in [0.15, 0.2) is 34.5 Å². The van der Waals surface area contributed by atoms with E-state index in [9.17, 15) is 19.2 Å². The summed E-state index contributed by atoms with van der Waals surface area (Å²) in [4.78, 5) is 59.1. The van der Waals surface area contributed by atoms with Crippen molar-refractivity contribution in [2.45, 2.75) is 43.7 Å². The Morgan fingerprint density at radius 3 is 2.40 bits per heavy atom. The van der Waals surface area contributed by atoms with Crippen molar-refractivity contribution in [2.75, 3.05) is 33.3 Å². The van der Waals surface area contributed by atoms with E-state index in [1.807, 2.05) is 37.1 Å². The van der Waals surface area contributed by atoms with Crippen molar-refractivity contribution in [2.24, 2.45) is 4.99 Å². The molecule has 1 fully saturated rings. The molecule has 0 saturated carbocycles. The van der Waals surface area contributed by atoms with Gasteiger partial charge in [0.1, 0.15) is 5.84 Å². The molecule has 1 unspecified atom stereocenters. The van der Waals surface area contributed by atoms with Gasteiger partial charge in [-0.1, -0.05) is 0 Å². The van der Waals surface area contributed by atoms with E-state index >= 15 is 0 Å². The summed E-state index contributed by atoms with van der Waals surface area (Å²) >= 11 is 2.22. The number of amidine groups is 1. The minimum absolute atomic E-state index is 0.0765. The van der Waals surface area contributed by atoms with Crippen LogP contribution in [-0.2, 0) is 38.8 Å².